The predicted molar refractivity (Wildman–Crippen MR) is 103 cm³/mol. The summed E-state index contributed by atoms with van der Waals surface area (Å²) in [5.41, 5.74) is 1.20. The molecular weight excluding hydrogens is 379 g/mol. The quantitative estimate of drug-likeness (QED) is 0.589. The summed E-state index contributed by atoms with van der Waals surface area (Å²) in [6, 6.07) is 10.5. The zero-order valence-electron chi connectivity index (χ0n) is 13.3. The Hall–Kier alpha value is -2.08. The van der Waals surface area contributed by atoms with Crippen LogP contribution in [0.2, 0.25) is 10.0 Å². The van der Waals surface area contributed by atoms with Crippen LogP contribution in [0.3, 0.4) is 0 Å². The molecule has 25 heavy (non-hydrogen) atoms. The maximum Gasteiger partial charge on any atom is 0.279 e. The van der Waals surface area contributed by atoms with Gasteiger partial charge in [0.25, 0.3) is 5.91 Å². The van der Waals surface area contributed by atoms with Gasteiger partial charge in [0.15, 0.2) is 4.80 Å². The molecule has 1 heterocycles. The number of carbonyl (C=O) groups excluding carboxylic acids is 1. The molecule has 3 aromatic rings. The van der Waals surface area contributed by atoms with Crippen LogP contribution >= 0.6 is 34.5 Å². The number of thiazole rings is 1. The third-order valence-corrected chi connectivity index (χ3v) is 5.40. The van der Waals surface area contributed by atoms with Gasteiger partial charge < -0.3 is 9.30 Å². The molecule has 0 atom stereocenters. The lowest BCUT2D eigenvalue weighted by molar-refractivity contribution is 0.0997. The molecule has 2 aromatic carbocycles. The molecule has 128 valence electrons. The van der Waals surface area contributed by atoms with Crippen molar-refractivity contribution in [1.82, 2.24) is 4.57 Å². The lowest BCUT2D eigenvalue weighted by Gasteiger charge is -2.04. The molecule has 1 aromatic heterocycles. The van der Waals surface area contributed by atoms with Gasteiger partial charge in [0.2, 0.25) is 0 Å². The minimum atomic E-state index is -0.356. The lowest BCUT2D eigenvalue weighted by atomic mass is 10.2. The molecule has 0 saturated heterocycles. The van der Waals surface area contributed by atoms with Crippen LogP contribution in [0.5, 0.6) is 5.75 Å². The van der Waals surface area contributed by atoms with Crippen LogP contribution in [-0.2, 0) is 6.54 Å². The van der Waals surface area contributed by atoms with Gasteiger partial charge in [0, 0.05) is 12.1 Å². The Bertz CT molecular complexity index is 1040. The van der Waals surface area contributed by atoms with Crippen LogP contribution in [0, 0.1) is 0 Å². The summed E-state index contributed by atoms with van der Waals surface area (Å²) in [5, 5.41) is 0.892. The first kappa shape index (κ1) is 17.7. The average Bonchev–Trinajstić information content (AvgIpc) is 2.96. The minimum absolute atomic E-state index is 0.356. The van der Waals surface area contributed by atoms with Crippen LogP contribution in [0.25, 0.3) is 10.2 Å². The number of amides is 1. The second-order valence-corrected chi connectivity index (χ2v) is 6.94. The highest BCUT2D eigenvalue weighted by molar-refractivity contribution is 7.16. The molecular formula is C18H14Cl2N2O2S. The predicted octanol–water partition coefficient (Wildman–Crippen LogP) is 4.95. The van der Waals surface area contributed by atoms with Crippen molar-refractivity contribution in [2.45, 2.75) is 6.54 Å². The Morgan fingerprint density at radius 3 is 2.88 bits per heavy atom. The molecule has 3 rings (SSSR count). The summed E-state index contributed by atoms with van der Waals surface area (Å²) >= 11 is 13.8. The van der Waals surface area contributed by atoms with Crippen molar-refractivity contribution in [3.05, 3.63) is 69.5 Å². The first-order valence-electron chi connectivity index (χ1n) is 7.36. The Labute approximate surface area is 158 Å². The number of allylic oxidation sites excluding steroid dienone is 1. The van der Waals surface area contributed by atoms with Crippen LogP contribution in [-0.4, -0.2) is 17.6 Å². The third kappa shape index (κ3) is 3.49. The molecule has 0 aliphatic heterocycles. The number of hydrogen-bond acceptors (Lipinski definition) is 3. The summed E-state index contributed by atoms with van der Waals surface area (Å²) in [6.07, 6.45) is 1.72. The van der Waals surface area contributed by atoms with E-state index in [-0.39, 0.29) is 5.91 Å². The van der Waals surface area contributed by atoms with E-state index in [2.05, 4.69) is 11.6 Å². The van der Waals surface area contributed by atoms with Gasteiger partial charge >= 0.3 is 0 Å². The second-order valence-electron chi connectivity index (χ2n) is 5.14. The topological polar surface area (TPSA) is 43.6 Å². The van der Waals surface area contributed by atoms with Crippen molar-refractivity contribution in [2.75, 3.05) is 7.11 Å². The van der Waals surface area contributed by atoms with Crippen molar-refractivity contribution in [3.63, 3.8) is 0 Å². The van der Waals surface area contributed by atoms with E-state index in [1.54, 1.807) is 43.5 Å². The van der Waals surface area contributed by atoms with Crippen molar-refractivity contribution in [2.24, 2.45) is 4.99 Å². The van der Waals surface area contributed by atoms with Gasteiger partial charge in [-0.1, -0.05) is 46.7 Å². The fourth-order valence-electron chi connectivity index (χ4n) is 2.39. The molecule has 4 nitrogen and oxygen atoms in total. The summed E-state index contributed by atoms with van der Waals surface area (Å²) in [6.45, 7) is 4.22. The van der Waals surface area contributed by atoms with E-state index in [1.165, 1.54) is 11.3 Å². The third-order valence-electron chi connectivity index (χ3n) is 3.56. The Kier molecular flexibility index (Phi) is 5.27. The minimum Gasteiger partial charge on any atom is -0.497 e. The molecule has 1 amide bonds. The van der Waals surface area contributed by atoms with E-state index >= 15 is 0 Å². The number of ether oxygens (including phenoxy) is 1. The van der Waals surface area contributed by atoms with Gasteiger partial charge in [0.05, 0.1) is 27.4 Å². The number of carbonyl (C=O) groups is 1. The van der Waals surface area contributed by atoms with Crippen LogP contribution < -0.4 is 9.54 Å². The number of rotatable bonds is 4. The number of benzene rings is 2. The maximum absolute atomic E-state index is 12.6. The second kappa shape index (κ2) is 7.44. The highest BCUT2D eigenvalue weighted by atomic mass is 35.5. The normalized spacial score (nSPS) is 11.7. The fourth-order valence-corrected chi connectivity index (χ4v) is 3.92. The molecule has 0 aliphatic carbocycles. The summed E-state index contributed by atoms with van der Waals surface area (Å²) in [7, 11) is 1.55. The Morgan fingerprint density at radius 1 is 1.36 bits per heavy atom. The smallest absolute Gasteiger partial charge is 0.279 e. The maximum atomic E-state index is 12.6. The number of aromatic nitrogens is 1. The van der Waals surface area contributed by atoms with Gasteiger partial charge in [-0.3, -0.25) is 4.79 Å². The zero-order valence-corrected chi connectivity index (χ0v) is 15.7. The van der Waals surface area contributed by atoms with Crippen molar-refractivity contribution < 1.29 is 9.53 Å². The largest absolute Gasteiger partial charge is 0.497 e. The monoisotopic (exact) mass is 392 g/mol. The van der Waals surface area contributed by atoms with E-state index in [9.17, 15) is 4.79 Å². The Morgan fingerprint density at radius 2 is 2.16 bits per heavy atom. The van der Waals surface area contributed by atoms with E-state index in [0.717, 1.165) is 10.2 Å². The van der Waals surface area contributed by atoms with E-state index in [4.69, 9.17) is 27.9 Å². The van der Waals surface area contributed by atoms with Gasteiger partial charge in [-0.05, 0) is 30.3 Å². The van der Waals surface area contributed by atoms with Crippen LogP contribution in [0.15, 0.2) is 54.0 Å². The van der Waals surface area contributed by atoms with Crippen LogP contribution in [0.1, 0.15) is 10.4 Å². The molecule has 7 heteroatoms. The standard InChI is InChI=1S/C18H14Cl2N2O2S/c1-3-9-22-16-14(8-7-13(19)15(16)20)25-18(22)21-17(23)11-5-4-6-12(10-11)24-2/h3-8,10H,1,9H2,2H3. The molecule has 0 saturated carbocycles. The first-order valence-corrected chi connectivity index (χ1v) is 8.93. The SMILES string of the molecule is C=CCn1c(=NC(=O)c2cccc(OC)c2)sc2ccc(Cl)c(Cl)c21. The first-order chi connectivity index (χ1) is 12.0. The summed E-state index contributed by atoms with van der Waals surface area (Å²) < 4.78 is 7.88. The number of hydrogen-bond donors (Lipinski definition) is 0. The molecule has 0 spiro atoms. The lowest BCUT2D eigenvalue weighted by Crippen LogP contribution is -2.16. The zero-order chi connectivity index (χ0) is 18.0. The fraction of sp³-hybridized carbons (Fsp3) is 0.111. The molecule has 0 unspecified atom stereocenters. The van der Waals surface area contributed by atoms with Crippen molar-refractivity contribution in [3.8, 4) is 5.75 Å². The van der Waals surface area contributed by atoms with Gasteiger partial charge in [0.1, 0.15) is 5.75 Å². The Balaban J connectivity index is 2.18. The molecule has 0 bridgehead atoms. The van der Waals surface area contributed by atoms with E-state index < -0.39 is 0 Å². The molecule has 0 N–H and O–H groups in total. The summed E-state index contributed by atoms with van der Waals surface area (Å²) in [5.74, 6) is 0.247. The van der Waals surface area contributed by atoms with E-state index in [0.29, 0.717) is 32.7 Å². The van der Waals surface area contributed by atoms with Crippen LogP contribution in [0.4, 0.5) is 0 Å². The molecule has 0 aliphatic rings. The van der Waals surface area contributed by atoms with Gasteiger partial charge in [-0.25, -0.2) is 0 Å². The van der Waals surface area contributed by atoms with Crippen molar-refractivity contribution >= 4 is 50.7 Å². The molecule has 0 fully saturated rings. The highest BCUT2D eigenvalue weighted by Crippen LogP contribution is 2.32. The van der Waals surface area contributed by atoms with Crippen molar-refractivity contribution in [1.29, 1.82) is 0 Å². The highest BCUT2D eigenvalue weighted by Gasteiger charge is 2.13. The number of halogens is 2. The number of methoxy groups -OCH3 is 1. The number of fused-ring (bicyclic) bond motifs is 1. The molecule has 0 radical (unpaired) electrons. The van der Waals surface area contributed by atoms with Gasteiger partial charge in [-0.15, -0.1) is 6.58 Å². The van der Waals surface area contributed by atoms with E-state index in [1.807, 2.05) is 10.6 Å². The number of nitrogens with zero attached hydrogens (tertiary/aromatic N) is 2. The average molecular weight is 393 g/mol. The van der Waals surface area contributed by atoms with Gasteiger partial charge in [-0.2, -0.15) is 4.99 Å². The summed E-state index contributed by atoms with van der Waals surface area (Å²) in [4.78, 5) is 17.4.